The van der Waals surface area contributed by atoms with Crippen molar-refractivity contribution in [2.75, 3.05) is 13.2 Å². The molecule has 0 radical (unpaired) electrons. The van der Waals surface area contributed by atoms with Crippen LogP contribution in [0.25, 0.3) is 0 Å². The predicted molar refractivity (Wildman–Crippen MR) is 83.6 cm³/mol. The van der Waals surface area contributed by atoms with E-state index in [-0.39, 0.29) is 6.61 Å². The fourth-order valence-corrected chi connectivity index (χ4v) is 2.36. The Hall–Kier alpha value is -1.64. The fourth-order valence-electron chi connectivity index (χ4n) is 2.36. The van der Waals surface area contributed by atoms with Crippen molar-refractivity contribution in [3.63, 3.8) is 0 Å². The Morgan fingerprint density at radius 2 is 1.55 bits per heavy atom. The van der Waals surface area contributed by atoms with Gasteiger partial charge in [0, 0.05) is 19.6 Å². The van der Waals surface area contributed by atoms with Crippen LogP contribution in [-0.4, -0.2) is 23.2 Å². The van der Waals surface area contributed by atoms with Gasteiger partial charge in [0.15, 0.2) is 0 Å². The van der Waals surface area contributed by atoms with Crippen LogP contribution in [0.15, 0.2) is 48.5 Å². The maximum atomic E-state index is 9.25. The Morgan fingerprint density at radius 1 is 0.850 bits per heavy atom. The van der Waals surface area contributed by atoms with Crippen molar-refractivity contribution >= 4 is 0 Å². The molecule has 2 nitrogen and oxygen atoms in total. The molecule has 2 aromatic carbocycles. The molecule has 1 N–H and O–H groups in total. The fraction of sp³-hybridized carbons (Fsp3) is 0.333. The van der Waals surface area contributed by atoms with Gasteiger partial charge in [-0.3, -0.25) is 4.90 Å². The summed E-state index contributed by atoms with van der Waals surface area (Å²) in [5.74, 6) is 0. The van der Waals surface area contributed by atoms with Crippen LogP contribution in [-0.2, 0) is 13.1 Å². The summed E-state index contributed by atoms with van der Waals surface area (Å²) in [5, 5.41) is 9.25. The van der Waals surface area contributed by atoms with E-state index in [1.54, 1.807) is 0 Å². The minimum atomic E-state index is 0.192. The van der Waals surface area contributed by atoms with Gasteiger partial charge >= 0.3 is 0 Å². The Bertz CT molecular complexity index is 536. The Labute approximate surface area is 121 Å². The van der Waals surface area contributed by atoms with E-state index in [1.807, 2.05) is 6.07 Å². The molecular weight excluding hydrogens is 246 g/mol. The second-order valence-electron chi connectivity index (χ2n) is 5.34. The van der Waals surface area contributed by atoms with Crippen LogP contribution in [0.1, 0.15) is 22.3 Å². The molecular formula is C18H23NO. The first-order chi connectivity index (χ1) is 9.69. The lowest BCUT2D eigenvalue weighted by atomic mass is 10.1. The van der Waals surface area contributed by atoms with Crippen LogP contribution in [0, 0.1) is 13.8 Å². The van der Waals surface area contributed by atoms with Crippen molar-refractivity contribution < 1.29 is 5.11 Å². The second-order valence-corrected chi connectivity index (χ2v) is 5.34. The van der Waals surface area contributed by atoms with Gasteiger partial charge in [-0.1, -0.05) is 48.5 Å². The molecule has 0 bridgehead atoms. The molecule has 0 aliphatic rings. The van der Waals surface area contributed by atoms with E-state index >= 15 is 0 Å². The van der Waals surface area contributed by atoms with Gasteiger partial charge in [-0.05, 0) is 36.1 Å². The summed E-state index contributed by atoms with van der Waals surface area (Å²) in [4.78, 5) is 2.28. The molecule has 0 spiro atoms. The van der Waals surface area contributed by atoms with E-state index in [2.05, 4.69) is 61.2 Å². The quantitative estimate of drug-likeness (QED) is 0.870. The number of hydrogen-bond acceptors (Lipinski definition) is 2. The van der Waals surface area contributed by atoms with E-state index in [0.29, 0.717) is 6.54 Å². The van der Waals surface area contributed by atoms with Crippen LogP contribution < -0.4 is 0 Å². The lowest BCUT2D eigenvalue weighted by Gasteiger charge is -2.22. The molecule has 2 rings (SSSR count). The highest BCUT2D eigenvalue weighted by Gasteiger charge is 2.07. The minimum absolute atomic E-state index is 0.192. The van der Waals surface area contributed by atoms with E-state index < -0.39 is 0 Å². The topological polar surface area (TPSA) is 23.5 Å². The average molecular weight is 269 g/mol. The predicted octanol–water partition coefficient (Wildman–Crippen LogP) is 3.30. The summed E-state index contributed by atoms with van der Waals surface area (Å²) in [6.07, 6.45) is 0. The van der Waals surface area contributed by atoms with E-state index in [4.69, 9.17) is 0 Å². The van der Waals surface area contributed by atoms with Crippen LogP contribution in [0.2, 0.25) is 0 Å². The van der Waals surface area contributed by atoms with Gasteiger partial charge in [-0.15, -0.1) is 0 Å². The summed E-state index contributed by atoms with van der Waals surface area (Å²) < 4.78 is 0. The summed E-state index contributed by atoms with van der Waals surface area (Å²) in [7, 11) is 0. The molecule has 0 aromatic heterocycles. The molecule has 0 aliphatic heterocycles. The van der Waals surface area contributed by atoms with Crippen molar-refractivity contribution in [1.82, 2.24) is 4.90 Å². The molecule has 0 atom stereocenters. The first kappa shape index (κ1) is 14.8. The van der Waals surface area contributed by atoms with Crippen LogP contribution in [0.5, 0.6) is 0 Å². The van der Waals surface area contributed by atoms with Gasteiger partial charge in [-0.25, -0.2) is 0 Å². The monoisotopic (exact) mass is 269 g/mol. The van der Waals surface area contributed by atoms with Gasteiger partial charge in [-0.2, -0.15) is 0 Å². The standard InChI is InChI=1S/C18H23NO/c1-15-8-9-18(12-16(15)2)14-19(10-11-20)13-17-6-4-3-5-7-17/h3-9,12,20H,10-11,13-14H2,1-2H3. The molecule has 0 fully saturated rings. The number of rotatable bonds is 6. The maximum absolute atomic E-state index is 9.25. The Morgan fingerprint density at radius 3 is 2.20 bits per heavy atom. The third kappa shape index (κ3) is 4.19. The zero-order valence-electron chi connectivity index (χ0n) is 12.3. The van der Waals surface area contributed by atoms with Crippen LogP contribution >= 0.6 is 0 Å². The number of hydrogen-bond donors (Lipinski definition) is 1. The number of aliphatic hydroxyl groups is 1. The molecule has 0 saturated carbocycles. The first-order valence-corrected chi connectivity index (χ1v) is 7.12. The number of aryl methyl sites for hydroxylation is 2. The molecule has 0 saturated heterocycles. The average Bonchev–Trinajstić information content (AvgIpc) is 2.44. The van der Waals surface area contributed by atoms with Gasteiger partial charge in [0.05, 0.1) is 6.61 Å². The van der Waals surface area contributed by atoms with Gasteiger partial charge in [0.1, 0.15) is 0 Å². The van der Waals surface area contributed by atoms with Crippen molar-refractivity contribution in [1.29, 1.82) is 0 Å². The molecule has 0 aliphatic carbocycles. The van der Waals surface area contributed by atoms with Crippen molar-refractivity contribution in [3.8, 4) is 0 Å². The largest absolute Gasteiger partial charge is 0.395 e. The third-order valence-corrected chi connectivity index (χ3v) is 3.64. The summed E-state index contributed by atoms with van der Waals surface area (Å²) in [5.41, 5.74) is 5.24. The Balaban J connectivity index is 2.06. The first-order valence-electron chi connectivity index (χ1n) is 7.12. The van der Waals surface area contributed by atoms with Crippen LogP contribution in [0.4, 0.5) is 0 Å². The second kappa shape index (κ2) is 7.22. The Kier molecular flexibility index (Phi) is 5.33. The highest BCUT2D eigenvalue weighted by Crippen LogP contribution is 2.13. The molecule has 0 amide bonds. The SMILES string of the molecule is Cc1ccc(CN(CCO)Cc2ccccc2)cc1C. The maximum Gasteiger partial charge on any atom is 0.0558 e. The van der Waals surface area contributed by atoms with Gasteiger partial charge < -0.3 is 5.11 Å². The van der Waals surface area contributed by atoms with Crippen molar-refractivity contribution in [3.05, 3.63) is 70.8 Å². The zero-order valence-corrected chi connectivity index (χ0v) is 12.3. The number of aliphatic hydroxyl groups excluding tert-OH is 1. The van der Waals surface area contributed by atoms with Gasteiger partial charge in [0.25, 0.3) is 0 Å². The smallest absolute Gasteiger partial charge is 0.0558 e. The molecule has 20 heavy (non-hydrogen) atoms. The summed E-state index contributed by atoms with van der Waals surface area (Å²) >= 11 is 0. The van der Waals surface area contributed by atoms with Crippen molar-refractivity contribution in [2.45, 2.75) is 26.9 Å². The lowest BCUT2D eigenvalue weighted by molar-refractivity contribution is 0.184. The molecule has 2 heteroatoms. The van der Waals surface area contributed by atoms with Crippen LogP contribution in [0.3, 0.4) is 0 Å². The lowest BCUT2D eigenvalue weighted by Crippen LogP contribution is -2.26. The molecule has 2 aromatic rings. The number of benzene rings is 2. The molecule has 106 valence electrons. The minimum Gasteiger partial charge on any atom is -0.395 e. The van der Waals surface area contributed by atoms with Crippen molar-refractivity contribution in [2.24, 2.45) is 0 Å². The van der Waals surface area contributed by atoms with E-state index in [0.717, 1.165) is 13.1 Å². The highest BCUT2D eigenvalue weighted by molar-refractivity contribution is 5.30. The molecule has 0 heterocycles. The highest BCUT2D eigenvalue weighted by atomic mass is 16.3. The normalized spacial score (nSPS) is 11.0. The zero-order chi connectivity index (χ0) is 14.4. The van der Waals surface area contributed by atoms with Gasteiger partial charge in [0.2, 0.25) is 0 Å². The number of nitrogens with zero attached hydrogens (tertiary/aromatic N) is 1. The van der Waals surface area contributed by atoms with E-state index in [9.17, 15) is 5.11 Å². The summed E-state index contributed by atoms with van der Waals surface area (Å²) in [6, 6.07) is 17.0. The third-order valence-electron chi connectivity index (χ3n) is 3.64. The summed E-state index contributed by atoms with van der Waals surface area (Å²) in [6.45, 7) is 6.91. The van der Waals surface area contributed by atoms with E-state index in [1.165, 1.54) is 22.3 Å². The molecule has 0 unspecified atom stereocenters.